The third kappa shape index (κ3) is 5.55. The molecule has 2 aromatic carbocycles. The Morgan fingerprint density at radius 2 is 1.57 bits per heavy atom. The topological polar surface area (TPSA) is 171 Å². The van der Waals surface area contributed by atoms with Crippen molar-refractivity contribution in [1.82, 2.24) is 19.6 Å². The van der Waals surface area contributed by atoms with Gasteiger partial charge in [-0.15, -0.1) is 0 Å². The average Bonchev–Trinajstić information content (AvgIpc) is 3.26. The van der Waals surface area contributed by atoms with Crippen molar-refractivity contribution in [3.63, 3.8) is 0 Å². The predicted molar refractivity (Wildman–Crippen MR) is 147 cm³/mol. The van der Waals surface area contributed by atoms with E-state index in [1.54, 1.807) is 21.5 Å². The molecule has 0 aliphatic carbocycles. The maximum absolute atomic E-state index is 13.5. The highest BCUT2D eigenvalue weighted by Gasteiger charge is 2.37. The third-order valence-corrected chi connectivity index (χ3v) is 7.65. The van der Waals surface area contributed by atoms with Crippen molar-refractivity contribution >= 4 is 29.2 Å². The molecule has 218 valence electrons. The number of hydrogen-bond acceptors (Lipinski definition) is 9. The van der Waals surface area contributed by atoms with Gasteiger partial charge in [0.25, 0.3) is 23.2 Å². The van der Waals surface area contributed by atoms with Crippen molar-refractivity contribution in [2.24, 2.45) is 5.92 Å². The number of benzene rings is 2. The highest BCUT2D eigenvalue weighted by molar-refractivity contribution is 5.97. The number of nitro benzene ring substituents is 2. The Morgan fingerprint density at radius 3 is 2.17 bits per heavy atom. The van der Waals surface area contributed by atoms with Crippen LogP contribution in [0.1, 0.15) is 55.8 Å². The number of carbonyl (C=O) groups excluding carboxylic acids is 3. The van der Waals surface area contributed by atoms with E-state index in [0.717, 1.165) is 5.69 Å². The van der Waals surface area contributed by atoms with Gasteiger partial charge in [0.15, 0.2) is 0 Å². The minimum atomic E-state index is -0.593. The second-order valence-electron chi connectivity index (χ2n) is 10.5. The fourth-order valence-electron chi connectivity index (χ4n) is 5.39. The van der Waals surface area contributed by atoms with Crippen molar-refractivity contribution in [1.29, 1.82) is 0 Å². The Hall–Kier alpha value is -5.14. The van der Waals surface area contributed by atoms with E-state index in [-0.39, 0.29) is 53.9 Å². The Balaban J connectivity index is 1.28. The number of non-ortho nitro benzene ring substituents is 2. The largest absolute Gasteiger partial charge is 0.462 e. The second-order valence-corrected chi connectivity index (χ2v) is 10.5. The molecule has 2 aliphatic heterocycles. The Bertz CT molecular complexity index is 1570. The number of esters is 1. The van der Waals surface area contributed by atoms with Gasteiger partial charge in [0, 0.05) is 68.0 Å². The Labute approximate surface area is 239 Å². The summed E-state index contributed by atoms with van der Waals surface area (Å²) in [6.07, 6.45) is 0.907. The van der Waals surface area contributed by atoms with E-state index in [2.05, 4.69) is 0 Å². The number of nitro groups is 2. The number of amides is 2. The first-order valence-electron chi connectivity index (χ1n) is 13.3. The van der Waals surface area contributed by atoms with Gasteiger partial charge in [0.1, 0.15) is 5.69 Å². The lowest BCUT2D eigenvalue weighted by molar-refractivity contribution is -0.385. The van der Waals surface area contributed by atoms with Gasteiger partial charge in [-0.1, -0.05) is 0 Å². The highest BCUT2D eigenvalue weighted by atomic mass is 16.6. The van der Waals surface area contributed by atoms with E-state index in [9.17, 15) is 34.6 Å². The summed E-state index contributed by atoms with van der Waals surface area (Å²) in [4.78, 5) is 63.2. The maximum Gasteiger partial charge on any atom is 0.338 e. The average molecular weight is 577 g/mol. The fraction of sp³-hybridized carbons (Fsp3) is 0.357. The molecule has 0 N–H and O–H groups in total. The molecule has 42 heavy (non-hydrogen) atoms. The molecular weight excluding hydrogens is 548 g/mol. The van der Waals surface area contributed by atoms with Crippen LogP contribution in [-0.4, -0.2) is 73.5 Å². The summed E-state index contributed by atoms with van der Waals surface area (Å²) < 4.78 is 7.08. The van der Waals surface area contributed by atoms with Gasteiger partial charge in [0.2, 0.25) is 0 Å². The number of fused-ring (bicyclic) bond motifs is 3. The Kier molecular flexibility index (Phi) is 7.70. The standard InChI is InChI=1S/C28H28N6O8/c1-17-13-24-23(16-31(17)26(35)19-3-7-21(8-4-19)33(38)39)25-27(36)30(2)14-18(15-32(25)29-24)11-12-42-28(37)20-5-9-22(10-6-20)34(40)41/h3-10,17-18H,11-16H2,1-2H3/t17-,18+/m1/s1. The number of rotatable bonds is 7. The van der Waals surface area contributed by atoms with E-state index in [4.69, 9.17) is 9.84 Å². The van der Waals surface area contributed by atoms with Gasteiger partial charge in [-0.2, -0.15) is 5.10 Å². The molecule has 3 heterocycles. The number of hydrogen-bond donors (Lipinski definition) is 0. The first-order valence-corrected chi connectivity index (χ1v) is 13.3. The first-order chi connectivity index (χ1) is 20.0. The zero-order chi connectivity index (χ0) is 30.1. The zero-order valence-corrected chi connectivity index (χ0v) is 23.0. The van der Waals surface area contributed by atoms with Gasteiger partial charge in [-0.05, 0) is 43.5 Å². The van der Waals surface area contributed by atoms with Crippen LogP contribution in [0.5, 0.6) is 0 Å². The molecule has 0 saturated heterocycles. The monoisotopic (exact) mass is 576 g/mol. The van der Waals surface area contributed by atoms with Gasteiger partial charge in [-0.25, -0.2) is 4.79 Å². The number of nitrogens with zero attached hydrogens (tertiary/aromatic N) is 6. The smallest absolute Gasteiger partial charge is 0.338 e. The van der Waals surface area contributed by atoms with E-state index >= 15 is 0 Å². The first kappa shape index (κ1) is 28.4. The lowest BCUT2D eigenvalue weighted by Crippen LogP contribution is -2.43. The van der Waals surface area contributed by atoms with Crippen LogP contribution in [0, 0.1) is 26.1 Å². The van der Waals surface area contributed by atoms with Crippen LogP contribution >= 0.6 is 0 Å². The molecule has 0 fully saturated rings. The fourth-order valence-corrected chi connectivity index (χ4v) is 5.39. The lowest BCUT2D eigenvalue weighted by atomic mass is 9.98. The van der Waals surface area contributed by atoms with Gasteiger partial charge >= 0.3 is 5.97 Å². The van der Waals surface area contributed by atoms with Gasteiger partial charge in [-0.3, -0.25) is 34.5 Å². The maximum atomic E-state index is 13.5. The van der Waals surface area contributed by atoms with E-state index in [1.807, 2.05) is 6.92 Å². The van der Waals surface area contributed by atoms with Gasteiger partial charge < -0.3 is 14.5 Å². The highest BCUT2D eigenvalue weighted by Crippen LogP contribution is 2.30. The molecule has 0 radical (unpaired) electrons. The van der Waals surface area contributed by atoms with Crippen molar-refractivity contribution in [3.8, 4) is 0 Å². The molecule has 0 unspecified atom stereocenters. The van der Waals surface area contributed by atoms with Crippen LogP contribution in [0.3, 0.4) is 0 Å². The van der Waals surface area contributed by atoms with Gasteiger partial charge in [0.05, 0.1) is 34.3 Å². The minimum Gasteiger partial charge on any atom is -0.462 e. The summed E-state index contributed by atoms with van der Waals surface area (Å²) in [6, 6.07) is 10.4. The number of ether oxygens (including phenoxy) is 1. The molecule has 5 rings (SSSR count). The zero-order valence-electron chi connectivity index (χ0n) is 23.0. The van der Waals surface area contributed by atoms with Crippen LogP contribution in [0.2, 0.25) is 0 Å². The summed E-state index contributed by atoms with van der Waals surface area (Å²) in [5.41, 5.74) is 2.16. The quantitative estimate of drug-likeness (QED) is 0.233. The molecular formula is C28H28N6O8. The van der Waals surface area contributed by atoms with Crippen molar-refractivity contribution in [2.75, 3.05) is 20.2 Å². The summed E-state index contributed by atoms with van der Waals surface area (Å²) in [5.74, 6) is -1.16. The predicted octanol–water partition coefficient (Wildman–Crippen LogP) is 3.24. The Morgan fingerprint density at radius 1 is 0.976 bits per heavy atom. The van der Waals surface area contributed by atoms with Crippen LogP contribution in [0.15, 0.2) is 48.5 Å². The molecule has 0 saturated carbocycles. The normalized spacial score (nSPS) is 18.1. The van der Waals surface area contributed by atoms with E-state index in [1.165, 1.54) is 48.5 Å². The SMILES string of the molecule is C[C@@H]1Cc2nn3c(c2CN1C(=O)c1ccc([N+](=O)[O-])cc1)C(=O)N(C)C[C@H](CCOC(=O)c1ccc([N+](=O)[O-])cc1)C3. The molecule has 14 heteroatoms. The van der Waals surface area contributed by atoms with Crippen molar-refractivity contribution in [3.05, 3.63) is 96.8 Å². The van der Waals surface area contributed by atoms with Crippen LogP contribution in [0.25, 0.3) is 0 Å². The lowest BCUT2D eigenvalue weighted by Gasteiger charge is -2.33. The summed E-state index contributed by atoms with van der Waals surface area (Å²) in [7, 11) is 1.69. The van der Waals surface area contributed by atoms with E-state index < -0.39 is 15.8 Å². The molecule has 14 nitrogen and oxygen atoms in total. The molecule has 0 spiro atoms. The molecule has 2 amide bonds. The molecule has 1 aromatic heterocycles. The minimum absolute atomic E-state index is 0.0681. The molecule has 2 atom stereocenters. The number of carbonyl (C=O) groups is 3. The number of aromatic nitrogens is 2. The molecule has 2 aliphatic rings. The van der Waals surface area contributed by atoms with E-state index in [0.29, 0.717) is 42.8 Å². The second kappa shape index (κ2) is 11.4. The van der Waals surface area contributed by atoms with Crippen molar-refractivity contribution < 1.29 is 29.0 Å². The third-order valence-electron chi connectivity index (χ3n) is 7.65. The van der Waals surface area contributed by atoms with Crippen LogP contribution in [0.4, 0.5) is 11.4 Å². The van der Waals surface area contributed by atoms with Crippen LogP contribution in [-0.2, 0) is 24.2 Å². The summed E-state index contributed by atoms with van der Waals surface area (Å²) in [6.45, 7) is 2.99. The molecule has 0 bridgehead atoms. The summed E-state index contributed by atoms with van der Waals surface area (Å²) >= 11 is 0. The van der Waals surface area contributed by atoms with Crippen LogP contribution < -0.4 is 0 Å². The molecule has 3 aromatic rings. The van der Waals surface area contributed by atoms with Crippen molar-refractivity contribution in [2.45, 2.75) is 38.9 Å². The summed E-state index contributed by atoms with van der Waals surface area (Å²) in [5, 5.41) is 26.6.